The Morgan fingerprint density at radius 2 is 1.77 bits per heavy atom. The number of benzene rings is 2. The van der Waals surface area contributed by atoms with E-state index in [4.69, 9.17) is 21.7 Å². The number of hydrogen-bond donors (Lipinski definition) is 3. The number of carbonyl (C=O) groups excluding carboxylic acids is 2. The van der Waals surface area contributed by atoms with E-state index < -0.39 is 0 Å². The van der Waals surface area contributed by atoms with Gasteiger partial charge in [0, 0.05) is 37.6 Å². The highest BCUT2D eigenvalue weighted by Crippen LogP contribution is 2.13. The van der Waals surface area contributed by atoms with Crippen LogP contribution in [0.25, 0.3) is 6.08 Å². The number of carbonyl (C=O) groups is 2. The van der Waals surface area contributed by atoms with Crippen LogP contribution in [0.5, 0.6) is 5.75 Å². The van der Waals surface area contributed by atoms with E-state index in [1.807, 2.05) is 31.2 Å². The first-order valence-corrected chi connectivity index (χ1v) is 10.3. The zero-order chi connectivity index (χ0) is 22.5. The number of ether oxygens (including phenoxy) is 2. The average Bonchev–Trinajstić information content (AvgIpc) is 2.77. The van der Waals surface area contributed by atoms with Gasteiger partial charge in [0.15, 0.2) is 5.11 Å². The lowest BCUT2D eigenvalue weighted by Crippen LogP contribution is -2.32. The van der Waals surface area contributed by atoms with Gasteiger partial charge in [-0.2, -0.15) is 0 Å². The van der Waals surface area contributed by atoms with Gasteiger partial charge in [0.05, 0.1) is 6.61 Å². The molecule has 0 aromatic heterocycles. The van der Waals surface area contributed by atoms with E-state index >= 15 is 0 Å². The molecule has 0 atom stereocenters. The fraction of sp³-hybridized carbons (Fsp3) is 0.261. The summed E-state index contributed by atoms with van der Waals surface area (Å²) in [5.41, 5.74) is 2.07. The molecule has 0 aliphatic carbocycles. The first-order chi connectivity index (χ1) is 15.0. The van der Waals surface area contributed by atoms with E-state index in [0.717, 1.165) is 17.7 Å². The SMILES string of the molecule is CCOc1ccc(/C=C/C(=O)NC(=S)Nc2ccc(C(=O)NCCCOC)cc2)cc1. The summed E-state index contributed by atoms with van der Waals surface area (Å²) in [6.45, 7) is 3.67. The van der Waals surface area contributed by atoms with Crippen molar-refractivity contribution >= 4 is 40.9 Å². The third kappa shape index (κ3) is 8.98. The molecule has 0 unspecified atom stereocenters. The van der Waals surface area contributed by atoms with Crippen LogP contribution in [0.15, 0.2) is 54.6 Å². The predicted molar refractivity (Wildman–Crippen MR) is 126 cm³/mol. The summed E-state index contributed by atoms with van der Waals surface area (Å²) in [5, 5.41) is 8.49. The van der Waals surface area contributed by atoms with Gasteiger partial charge < -0.3 is 20.1 Å². The molecule has 0 heterocycles. The Morgan fingerprint density at radius 1 is 1.06 bits per heavy atom. The number of amides is 2. The largest absolute Gasteiger partial charge is 0.494 e. The Labute approximate surface area is 187 Å². The minimum atomic E-state index is -0.349. The molecule has 2 aromatic carbocycles. The first-order valence-electron chi connectivity index (χ1n) is 9.92. The number of hydrogen-bond acceptors (Lipinski definition) is 5. The van der Waals surface area contributed by atoms with Crippen molar-refractivity contribution in [1.29, 1.82) is 0 Å². The zero-order valence-electron chi connectivity index (χ0n) is 17.6. The van der Waals surface area contributed by atoms with E-state index in [1.54, 1.807) is 37.5 Å². The molecule has 8 heteroatoms. The van der Waals surface area contributed by atoms with Gasteiger partial charge in [0.1, 0.15) is 5.75 Å². The molecule has 0 radical (unpaired) electrons. The topological polar surface area (TPSA) is 88.7 Å². The van der Waals surface area contributed by atoms with Gasteiger partial charge in [-0.3, -0.25) is 14.9 Å². The molecule has 7 nitrogen and oxygen atoms in total. The Bertz CT molecular complexity index is 896. The molecular formula is C23H27N3O4S. The van der Waals surface area contributed by atoms with Crippen molar-refractivity contribution in [3.63, 3.8) is 0 Å². The quantitative estimate of drug-likeness (QED) is 0.298. The van der Waals surface area contributed by atoms with Gasteiger partial charge in [-0.25, -0.2) is 0 Å². The van der Waals surface area contributed by atoms with Crippen LogP contribution in [0.1, 0.15) is 29.3 Å². The van der Waals surface area contributed by atoms with E-state index in [9.17, 15) is 9.59 Å². The lowest BCUT2D eigenvalue weighted by Gasteiger charge is -2.09. The monoisotopic (exact) mass is 441 g/mol. The van der Waals surface area contributed by atoms with Crippen molar-refractivity contribution < 1.29 is 19.1 Å². The van der Waals surface area contributed by atoms with Crippen molar-refractivity contribution in [1.82, 2.24) is 10.6 Å². The van der Waals surface area contributed by atoms with E-state index in [2.05, 4.69) is 16.0 Å². The third-order valence-electron chi connectivity index (χ3n) is 4.07. The van der Waals surface area contributed by atoms with Gasteiger partial charge in [0.25, 0.3) is 5.91 Å². The Hall–Kier alpha value is -3.23. The summed E-state index contributed by atoms with van der Waals surface area (Å²) >= 11 is 5.17. The number of anilines is 1. The second-order valence-corrected chi connectivity index (χ2v) is 6.87. The Balaban J connectivity index is 1.79. The summed E-state index contributed by atoms with van der Waals surface area (Å²) in [5.74, 6) is 0.278. The molecule has 0 bridgehead atoms. The van der Waals surface area contributed by atoms with Crippen LogP contribution in [0.4, 0.5) is 5.69 Å². The van der Waals surface area contributed by atoms with E-state index in [-0.39, 0.29) is 16.9 Å². The second-order valence-electron chi connectivity index (χ2n) is 6.46. The van der Waals surface area contributed by atoms with Gasteiger partial charge in [-0.15, -0.1) is 0 Å². The maximum Gasteiger partial charge on any atom is 0.251 e. The molecule has 0 saturated carbocycles. The van der Waals surface area contributed by atoms with Crippen LogP contribution in [0, 0.1) is 0 Å². The minimum Gasteiger partial charge on any atom is -0.494 e. The van der Waals surface area contributed by atoms with Crippen LogP contribution < -0.4 is 20.7 Å². The molecule has 0 saturated heterocycles. The van der Waals surface area contributed by atoms with Gasteiger partial charge in [-0.1, -0.05) is 12.1 Å². The smallest absolute Gasteiger partial charge is 0.251 e. The molecule has 2 aromatic rings. The molecule has 3 N–H and O–H groups in total. The molecule has 0 aliphatic heterocycles. The van der Waals surface area contributed by atoms with Crippen LogP contribution in [-0.4, -0.2) is 43.8 Å². The highest BCUT2D eigenvalue weighted by atomic mass is 32.1. The summed E-state index contributed by atoms with van der Waals surface area (Å²) < 4.78 is 10.3. The number of rotatable bonds is 10. The Kier molecular flexibility index (Phi) is 10.2. The molecule has 0 spiro atoms. The van der Waals surface area contributed by atoms with E-state index in [0.29, 0.717) is 31.0 Å². The predicted octanol–water partition coefficient (Wildman–Crippen LogP) is 3.38. The highest BCUT2D eigenvalue weighted by molar-refractivity contribution is 7.80. The highest BCUT2D eigenvalue weighted by Gasteiger charge is 2.06. The first kappa shape index (κ1) is 24.0. The van der Waals surface area contributed by atoms with E-state index in [1.165, 1.54) is 6.08 Å². The fourth-order valence-corrected chi connectivity index (χ4v) is 2.77. The fourth-order valence-electron chi connectivity index (χ4n) is 2.56. The number of methoxy groups -OCH3 is 1. The average molecular weight is 442 g/mol. The normalized spacial score (nSPS) is 10.5. The van der Waals surface area contributed by atoms with Gasteiger partial charge in [0.2, 0.25) is 5.91 Å². The zero-order valence-corrected chi connectivity index (χ0v) is 18.5. The lowest BCUT2D eigenvalue weighted by atomic mass is 10.2. The maximum atomic E-state index is 12.1. The summed E-state index contributed by atoms with van der Waals surface area (Å²) in [6.07, 6.45) is 3.84. The van der Waals surface area contributed by atoms with Gasteiger partial charge in [-0.05, 0) is 73.6 Å². The molecule has 2 amide bonds. The Morgan fingerprint density at radius 3 is 2.42 bits per heavy atom. The maximum absolute atomic E-state index is 12.1. The molecule has 0 aliphatic rings. The summed E-state index contributed by atoms with van der Waals surface area (Å²) in [7, 11) is 1.62. The standard InChI is InChI=1S/C23H27N3O4S/c1-3-30-20-12-5-17(6-13-20)7-14-21(27)26-23(31)25-19-10-8-18(9-11-19)22(28)24-15-4-16-29-2/h5-14H,3-4,15-16H2,1-2H3,(H,24,28)(H2,25,26,27,31)/b14-7+. The van der Waals surface area contributed by atoms with Crippen molar-refractivity contribution in [3.05, 3.63) is 65.7 Å². The number of thiocarbonyl (C=S) groups is 1. The second kappa shape index (κ2) is 13.1. The van der Waals surface area contributed by atoms with Crippen LogP contribution in [-0.2, 0) is 9.53 Å². The lowest BCUT2D eigenvalue weighted by molar-refractivity contribution is -0.115. The molecule has 0 fully saturated rings. The number of nitrogens with one attached hydrogen (secondary N) is 3. The van der Waals surface area contributed by atoms with Crippen LogP contribution in [0.3, 0.4) is 0 Å². The van der Waals surface area contributed by atoms with Crippen molar-refractivity contribution in [2.75, 3.05) is 32.2 Å². The molecule has 31 heavy (non-hydrogen) atoms. The summed E-state index contributed by atoms with van der Waals surface area (Å²) in [6, 6.07) is 14.2. The third-order valence-corrected chi connectivity index (χ3v) is 4.27. The van der Waals surface area contributed by atoms with Crippen molar-refractivity contribution in [2.24, 2.45) is 0 Å². The molecule has 2 rings (SSSR count). The minimum absolute atomic E-state index is 0.155. The van der Waals surface area contributed by atoms with Crippen molar-refractivity contribution in [3.8, 4) is 5.75 Å². The van der Waals surface area contributed by atoms with Crippen molar-refractivity contribution in [2.45, 2.75) is 13.3 Å². The summed E-state index contributed by atoms with van der Waals surface area (Å²) in [4.78, 5) is 24.1. The van der Waals surface area contributed by atoms with Gasteiger partial charge >= 0.3 is 0 Å². The van der Waals surface area contributed by atoms with Crippen LogP contribution in [0.2, 0.25) is 0 Å². The molecular weight excluding hydrogens is 414 g/mol. The van der Waals surface area contributed by atoms with Crippen LogP contribution >= 0.6 is 12.2 Å². The molecule has 164 valence electrons.